The lowest BCUT2D eigenvalue weighted by atomic mass is 10.2. The Bertz CT molecular complexity index is 725. The molecule has 0 unspecified atom stereocenters. The zero-order chi connectivity index (χ0) is 17.3. The number of sulfonamides is 1. The molecular weight excluding hydrogens is 318 g/mol. The average Bonchev–Trinajstić information content (AvgIpc) is 2.45. The van der Waals surface area contributed by atoms with Crippen LogP contribution in [0.1, 0.15) is 12.5 Å². The quantitative estimate of drug-likeness (QED) is 0.875. The van der Waals surface area contributed by atoms with Gasteiger partial charge in [0.25, 0.3) is 5.97 Å². The largest absolute Gasteiger partial charge is 0.487 e. The second-order valence-corrected chi connectivity index (χ2v) is 6.41. The maximum Gasteiger partial charge on any atom is 0.300 e. The van der Waals surface area contributed by atoms with Gasteiger partial charge in [-0.05, 0) is 17.7 Å². The van der Waals surface area contributed by atoms with Crippen molar-refractivity contribution in [2.45, 2.75) is 13.5 Å². The van der Waals surface area contributed by atoms with Crippen molar-refractivity contribution >= 4 is 21.7 Å². The Morgan fingerprint density at radius 3 is 2.17 bits per heavy atom. The van der Waals surface area contributed by atoms with E-state index in [2.05, 4.69) is 4.72 Å². The van der Waals surface area contributed by atoms with Crippen molar-refractivity contribution < 1.29 is 23.1 Å². The summed E-state index contributed by atoms with van der Waals surface area (Å²) < 4.78 is 30.6. The maximum atomic E-state index is 11.3. The number of ether oxygens (including phenoxy) is 1. The van der Waals surface area contributed by atoms with Crippen LogP contribution in [0.2, 0.25) is 0 Å². The first kappa shape index (κ1) is 18.5. The molecule has 7 heteroatoms. The number of carboxylic acid groups (broad SMARTS) is 1. The highest BCUT2D eigenvalue weighted by molar-refractivity contribution is 7.92. The van der Waals surface area contributed by atoms with Crippen LogP contribution in [0, 0.1) is 0 Å². The Hall–Kier alpha value is -2.54. The Labute approximate surface area is 135 Å². The third-order valence-electron chi connectivity index (χ3n) is 2.42. The molecule has 6 nitrogen and oxygen atoms in total. The summed E-state index contributed by atoms with van der Waals surface area (Å²) in [6.07, 6.45) is 1.11. The van der Waals surface area contributed by atoms with Gasteiger partial charge in [-0.1, -0.05) is 42.5 Å². The monoisotopic (exact) mass is 337 g/mol. The SMILES string of the molecule is CC(=O)O.CS(=O)(=O)Nc1ccccc1OCc1ccccc1. The fourth-order valence-electron chi connectivity index (χ4n) is 1.61. The molecule has 2 N–H and O–H groups in total. The number of rotatable bonds is 5. The number of anilines is 1. The molecule has 0 aliphatic heterocycles. The topological polar surface area (TPSA) is 92.7 Å². The number of hydrogen-bond acceptors (Lipinski definition) is 4. The van der Waals surface area contributed by atoms with E-state index in [1.165, 1.54) is 0 Å². The third kappa shape index (κ3) is 8.47. The van der Waals surface area contributed by atoms with Crippen LogP contribution in [-0.2, 0) is 21.4 Å². The van der Waals surface area contributed by atoms with E-state index >= 15 is 0 Å². The van der Waals surface area contributed by atoms with Gasteiger partial charge in [0.15, 0.2) is 0 Å². The van der Waals surface area contributed by atoms with Gasteiger partial charge in [-0.3, -0.25) is 9.52 Å². The third-order valence-corrected chi connectivity index (χ3v) is 3.01. The molecule has 0 fully saturated rings. The average molecular weight is 337 g/mol. The van der Waals surface area contributed by atoms with E-state index in [1.807, 2.05) is 30.3 Å². The number of benzene rings is 2. The van der Waals surface area contributed by atoms with Gasteiger partial charge in [0.2, 0.25) is 10.0 Å². The fraction of sp³-hybridized carbons (Fsp3) is 0.188. The van der Waals surface area contributed by atoms with Gasteiger partial charge < -0.3 is 9.84 Å². The summed E-state index contributed by atoms with van der Waals surface area (Å²) in [5.74, 6) is -0.322. The standard InChI is InChI=1S/C14H15NO3S.C2H4O2/c1-19(16,17)15-13-9-5-6-10-14(13)18-11-12-7-3-2-4-8-12;1-2(3)4/h2-10,15H,11H2,1H3;1H3,(H,3,4). The lowest BCUT2D eigenvalue weighted by molar-refractivity contribution is -0.134. The first-order chi connectivity index (χ1) is 10.8. The van der Waals surface area contributed by atoms with E-state index in [1.54, 1.807) is 24.3 Å². The zero-order valence-corrected chi connectivity index (χ0v) is 13.7. The molecule has 0 aliphatic carbocycles. The van der Waals surface area contributed by atoms with Crippen LogP contribution in [0.25, 0.3) is 0 Å². The minimum Gasteiger partial charge on any atom is -0.487 e. The molecule has 23 heavy (non-hydrogen) atoms. The molecule has 0 spiro atoms. The Morgan fingerprint density at radius 1 is 1.09 bits per heavy atom. The van der Waals surface area contributed by atoms with E-state index in [-0.39, 0.29) is 0 Å². The van der Waals surface area contributed by atoms with Crippen molar-refractivity contribution in [2.24, 2.45) is 0 Å². The van der Waals surface area contributed by atoms with Crippen molar-refractivity contribution in [1.29, 1.82) is 0 Å². The molecule has 0 saturated carbocycles. The molecule has 0 radical (unpaired) electrons. The van der Waals surface area contributed by atoms with Crippen LogP contribution in [0.5, 0.6) is 5.75 Å². The highest BCUT2D eigenvalue weighted by Gasteiger charge is 2.07. The number of aliphatic carboxylic acids is 1. The molecule has 0 heterocycles. The van der Waals surface area contributed by atoms with Crippen LogP contribution in [0.15, 0.2) is 54.6 Å². The van der Waals surface area contributed by atoms with Crippen LogP contribution in [0.3, 0.4) is 0 Å². The number of nitrogens with one attached hydrogen (secondary N) is 1. The molecule has 124 valence electrons. The van der Waals surface area contributed by atoms with Gasteiger partial charge in [0.1, 0.15) is 12.4 Å². The van der Waals surface area contributed by atoms with Gasteiger partial charge in [0.05, 0.1) is 11.9 Å². The van der Waals surface area contributed by atoms with Crippen LogP contribution >= 0.6 is 0 Å². The normalized spacial score (nSPS) is 10.2. The van der Waals surface area contributed by atoms with E-state index < -0.39 is 16.0 Å². The first-order valence-electron chi connectivity index (χ1n) is 6.71. The highest BCUT2D eigenvalue weighted by Crippen LogP contribution is 2.25. The molecule has 0 bridgehead atoms. The van der Waals surface area contributed by atoms with Gasteiger partial charge in [0, 0.05) is 6.92 Å². The van der Waals surface area contributed by atoms with Crippen LogP contribution in [0.4, 0.5) is 5.69 Å². The summed E-state index contributed by atoms with van der Waals surface area (Å²) in [5.41, 5.74) is 1.47. The number of hydrogen-bond donors (Lipinski definition) is 2. The minimum absolute atomic E-state index is 0.392. The second-order valence-electron chi connectivity index (χ2n) is 4.66. The van der Waals surface area contributed by atoms with E-state index in [0.717, 1.165) is 18.7 Å². The molecule has 2 rings (SSSR count). The van der Waals surface area contributed by atoms with E-state index in [4.69, 9.17) is 14.6 Å². The number of carbonyl (C=O) groups is 1. The molecule has 0 aromatic heterocycles. The Balaban J connectivity index is 0.000000593. The van der Waals surface area contributed by atoms with Gasteiger partial charge >= 0.3 is 0 Å². The molecule has 2 aromatic rings. The van der Waals surface area contributed by atoms with E-state index in [9.17, 15) is 8.42 Å². The number of para-hydroxylation sites is 2. The van der Waals surface area contributed by atoms with Crippen molar-refractivity contribution in [2.75, 3.05) is 11.0 Å². The van der Waals surface area contributed by atoms with Crippen molar-refractivity contribution in [1.82, 2.24) is 0 Å². The second kappa shape index (κ2) is 8.79. The van der Waals surface area contributed by atoms with Gasteiger partial charge in [-0.25, -0.2) is 8.42 Å². The summed E-state index contributed by atoms with van der Waals surface area (Å²) in [6, 6.07) is 16.6. The summed E-state index contributed by atoms with van der Waals surface area (Å²) in [6.45, 7) is 1.48. The van der Waals surface area contributed by atoms with Crippen LogP contribution < -0.4 is 9.46 Å². The predicted octanol–water partition coefficient (Wildman–Crippen LogP) is 2.73. The lowest BCUT2D eigenvalue weighted by Crippen LogP contribution is -2.10. The molecular formula is C16H19NO5S. The van der Waals surface area contributed by atoms with Gasteiger partial charge in [-0.15, -0.1) is 0 Å². The molecule has 0 aliphatic rings. The Morgan fingerprint density at radius 2 is 1.61 bits per heavy atom. The Kier molecular flexibility index (Phi) is 7.08. The summed E-state index contributed by atoms with van der Waals surface area (Å²) in [5, 5.41) is 7.42. The van der Waals surface area contributed by atoms with Crippen molar-refractivity contribution in [3.63, 3.8) is 0 Å². The predicted molar refractivity (Wildman–Crippen MR) is 89.0 cm³/mol. The number of carboxylic acids is 1. The summed E-state index contributed by atoms with van der Waals surface area (Å²) in [7, 11) is -3.31. The molecule has 2 aromatic carbocycles. The highest BCUT2D eigenvalue weighted by atomic mass is 32.2. The van der Waals surface area contributed by atoms with Gasteiger partial charge in [-0.2, -0.15) is 0 Å². The van der Waals surface area contributed by atoms with Crippen molar-refractivity contribution in [3.8, 4) is 5.75 Å². The molecule has 0 saturated heterocycles. The summed E-state index contributed by atoms with van der Waals surface area (Å²) >= 11 is 0. The summed E-state index contributed by atoms with van der Waals surface area (Å²) in [4.78, 5) is 9.00. The van der Waals surface area contributed by atoms with E-state index in [0.29, 0.717) is 18.0 Å². The smallest absolute Gasteiger partial charge is 0.300 e. The minimum atomic E-state index is -3.31. The lowest BCUT2D eigenvalue weighted by Gasteiger charge is -2.12. The fourth-order valence-corrected chi connectivity index (χ4v) is 2.18. The zero-order valence-electron chi connectivity index (χ0n) is 12.9. The molecule has 0 amide bonds. The van der Waals surface area contributed by atoms with Crippen molar-refractivity contribution in [3.05, 3.63) is 60.2 Å². The first-order valence-corrected chi connectivity index (χ1v) is 8.60. The maximum absolute atomic E-state index is 11.3. The van der Waals surface area contributed by atoms with Crippen LogP contribution in [-0.4, -0.2) is 25.7 Å². The molecule has 0 atom stereocenters.